The van der Waals surface area contributed by atoms with Gasteiger partial charge in [-0.25, -0.2) is 0 Å². The molecule has 1 heterocycles. The van der Waals surface area contributed by atoms with Gasteiger partial charge in [0.15, 0.2) is 5.78 Å². The SMILES string of the molecule is COC(=O)CC(C(=O)O)C1CCC2(CC2)OC1.COC(=O)CCC(=O)C(OC)OC. The van der Waals surface area contributed by atoms with Gasteiger partial charge >= 0.3 is 17.9 Å². The van der Waals surface area contributed by atoms with Crippen molar-refractivity contribution in [2.75, 3.05) is 35.0 Å². The van der Waals surface area contributed by atoms with E-state index in [9.17, 15) is 19.2 Å². The molecule has 2 fully saturated rings. The van der Waals surface area contributed by atoms with Crippen LogP contribution >= 0.6 is 0 Å². The zero-order valence-corrected chi connectivity index (χ0v) is 18.0. The van der Waals surface area contributed by atoms with Crippen LogP contribution in [0.5, 0.6) is 0 Å². The fraction of sp³-hybridized carbons (Fsp3) is 0.800. The molecule has 0 aromatic carbocycles. The molecule has 2 rings (SSSR count). The normalized spacial score (nSPS) is 20.0. The molecule has 0 aromatic heterocycles. The molecule has 1 N–H and O–H groups in total. The number of carbonyl (C=O) groups is 4. The molecule has 1 aliphatic carbocycles. The van der Waals surface area contributed by atoms with Gasteiger partial charge in [0.25, 0.3) is 0 Å². The monoisotopic (exact) mass is 432 g/mol. The predicted molar refractivity (Wildman–Crippen MR) is 102 cm³/mol. The van der Waals surface area contributed by atoms with Gasteiger partial charge in [-0.15, -0.1) is 0 Å². The van der Waals surface area contributed by atoms with Gasteiger partial charge in [0.1, 0.15) is 0 Å². The summed E-state index contributed by atoms with van der Waals surface area (Å²) in [6.07, 6.45) is 3.11. The number of Topliss-reactive ketones (excluding diaryl/α,β-unsaturated/α-hetero) is 1. The molecule has 30 heavy (non-hydrogen) atoms. The molecule has 10 nitrogen and oxygen atoms in total. The average Bonchev–Trinajstić information content (AvgIpc) is 3.50. The Morgan fingerprint density at radius 1 is 0.967 bits per heavy atom. The standard InChI is InChI=1S/C12H18O5.C8H14O5/c1-16-10(13)6-9(11(14)15)8-2-3-12(4-5-12)17-7-8;1-11-7(10)5-4-6(9)8(12-2)13-3/h8-9H,2-7H2,1H3,(H,14,15);8H,4-5H2,1-3H3. The number of hydrogen-bond acceptors (Lipinski definition) is 9. The first-order valence-electron chi connectivity index (χ1n) is 9.80. The van der Waals surface area contributed by atoms with Crippen LogP contribution in [0, 0.1) is 11.8 Å². The summed E-state index contributed by atoms with van der Waals surface area (Å²) in [6.45, 7) is 0.452. The molecule has 1 saturated heterocycles. The molecule has 10 heteroatoms. The molecular formula is C20H32O10. The van der Waals surface area contributed by atoms with E-state index in [1.165, 1.54) is 28.4 Å². The van der Waals surface area contributed by atoms with Crippen LogP contribution in [0.4, 0.5) is 0 Å². The summed E-state index contributed by atoms with van der Waals surface area (Å²) in [4.78, 5) is 44.2. The van der Waals surface area contributed by atoms with Gasteiger partial charge in [0.2, 0.25) is 6.29 Å². The average molecular weight is 432 g/mol. The predicted octanol–water partition coefficient (Wildman–Crippen LogP) is 1.34. The molecule has 0 amide bonds. The third-order valence-corrected chi connectivity index (χ3v) is 5.38. The van der Waals surface area contributed by atoms with Crippen molar-refractivity contribution in [1.29, 1.82) is 0 Å². The van der Waals surface area contributed by atoms with Crippen molar-refractivity contribution in [2.45, 2.75) is 56.8 Å². The van der Waals surface area contributed by atoms with E-state index in [1.807, 2.05) is 0 Å². The molecule has 0 aromatic rings. The van der Waals surface area contributed by atoms with E-state index >= 15 is 0 Å². The minimum absolute atomic E-state index is 0.0541. The summed E-state index contributed by atoms with van der Waals surface area (Å²) in [5.74, 6) is -2.84. The van der Waals surface area contributed by atoms with Crippen LogP contribution < -0.4 is 0 Å². The number of carboxylic acids is 1. The quantitative estimate of drug-likeness (QED) is 0.398. The number of aliphatic carboxylic acids is 1. The molecule has 172 valence electrons. The first kappa shape index (κ1) is 26.0. The Labute approximate surface area is 176 Å². The van der Waals surface area contributed by atoms with Crippen molar-refractivity contribution in [2.24, 2.45) is 11.8 Å². The molecule has 1 spiro atoms. The Hall–Kier alpha value is -2.04. The van der Waals surface area contributed by atoms with Gasteiger partial charge in [-0.3, -0.25) is 19.2 Å². The first-order valence-corrected chi connectivity index (χ1v) is 9.80. The third-order valence-electron chi connectivity index (χ3n) is 5.38. The van der Waals surface area contributed by atoms with Crippen LogP contribution in [0.15, 0.2) is 0 Å². The summed E-state index contributed by atoms with van der Waals surface area (Å²) in [5.41, 5.74) is 0.0603. The smallest absolute Gasteiger partial charge is 0.307 e. The molecule has 0 bridgehead atoms. The van der Waals surface area contributed by atoms with Crippen LogP contribution in [0.25, 0.3) is 0 Å². The lowest BCUT2D eigenvalue weighted by atomic mass is 9.83. The summed E-state index contributed by atoms with van der Waals surface area (Å²) < 4.78 is 24.0. The number of carboxylic acid groups (broad SMARTS) is 1. The van der Waals surface area contributed by atoms with Crippen LogP contribution in [0.3, 0.4) is 0 Å². The summed E-state index contributed by atoms with van der Waals surface area (Å²) in [5, 5.41) is 9.15. The first-order chi connectivity index (χ1) is 14.2. The van der Waals surface area contributed by atoms with Crippen LogP contribution in [-0.4, -0.2) is 75.7 Å². The lowest BCUT2D eigenvalue weighted by molar-refractivity contribution is -0.158. The Morgan fingerprint density at radius 2 is 1.57 bits per heavy atom. The summed E-state index contributed by atoms with van der Waals surface area (Å²) >= 11 is 0. The van der Waals surface area contributed by atoms with Crippen LogP contribution in [0.1, 0.15) is 44.9 Å². The van der Waals surface area contributed by atoms with E-state index < -0.39 is 30.1 Å². The topological polar surface area (TPSA) is 135 Å². The molecule has 2 unspecified atom stereocenters. The number of hydrogen-bond donors (Lipinski definition) is 1. The molecule has 1 aliphatic heterocycles. The van der Waals surface area contributed by atoms with Gasteiger partial charge in [-0.05, 0) is 31.6 Å². The number of carbonyl (C=O) groups excluding carboxylic acids is 3. The second-order valence-corrected chi connectivity index (χ2v) is 7.36. The minimum atomic E-state index is -0.934. The molecule has 0 radical (unpaired) electrons. The molecule has 1 saturated carbocycles. The van der Waals surface area contributed by atoms with E-state index in [4.69, 9.17) is 19.3 Å². The Morgan fingerprint density at radius 3 is 1.97 bits per heavy atom. The van der Waals surface area contributed by atoms with Gasteiger partial charge in [0.05, 0.1) is 45.2 Å². The van der Waals surface area contributed by atoms with Crippen molar-refractivity contribution >= 4 is 23.7 Å². The minimum Gasteiger partial charge on any atom is -0.481 e. The van der Waals surface area contributed by atoms with Crippen molar-refractivity contribution in [3.63, 3.8) is 0 Å². The number of rotatable bonds is 10. The highest BCUT2D eigenvalue weighted by Crippen LogP contribution is 2.48. The highest BCUT2D eigenvalue weighted by molar-refractivity contribution is 5.85. The highest BCUT2D eigenvalue weighted by atomic mass is 16.7. The Balaban J connectivity index is 0.000000314. The van der Waals surface area contributed by atoms with Crippen LogP contribution in [-0.2, 0) is 42.9 Å². The van der Waals surface area contributed by atoms with E-state index in [0.29, 0.717) is 6.61 Å². The zero-order valence-electron chi connectivity index (χ0n) is 18.0. The van der Waals surface area contributed by atoms with Crippen molar-refractivity contribution in [3.05, 3.63) is 0 Å². The highest BCUT2D eigenvalue weighted by Gasteiger charge is 2.48. The van der Waals surface area contributed by atoms with Gasteiger partial charge in [0, 0.05) is 20.6 Å². The number of esters is 2. The van der Waals surface area contributed by atoms with Crippen molar-refractivity contribution in [1.82, 2.24) is 0 Å². The van der Waals surface area contributed by atoms with E-state index in [0.717, 1.165) is 25.7 Å². The fourth-order valence-corrected chi connectivity index (χ4v) is 3.26. The van der Waals surface area contributed by atoms with Crippen molar-refractivity contribution in [3.8, 4) is 0 Å². The maximum absolute atomic E-state index is 11.2. The number of methoxy groups -OCH3 is 4. The summed E-state index contributed by atoms with van der Waals surface area (Å²) in [6, 6.07) is 0. The van der Waals surface area contributed by atoms with E-state index in [1.54, 1.807) is 0 Å². The van der Waals surface area contributed by atoms with Gasteiger partial charge < -0.3 is 28.8 Å². The second-order valence-electron chi connectivity index (χ2n) is 7.36. The van der Waals surface area contributed by atoms with E-state index in [2.05, 4.69) is 9.47 Å². The lowest BCUT2D eigenvalue weighted by Gasteiger charge is -2.32. The van der Waals surface area contributed by atoms with Gasteiger partial charge in [-0.1, -0.05) is 0 Å². The lowest BCUT2D eigenvalue weighted by Crippen LogP contribution is -2.36. The number of ketones is 1. The molecular weight excluding hydrogens is 400 g/mol. The van der Waals surface area contributed by atoms with Crippen molar-refractivity contribution < 1.29 is 48.0 Å². The maximum atomic E-state index is 11.2. The van der Waals surface area contributed by atoms with Gasteiger partial charge in [-0.2, -0.15) is 0 Å². The second kappa shape index (κ2) is 12.6. The Kier molecular flexibility index (Phi) is 10.9. The molecule has 2 atom stereocenters. The third kappa shape index (κ3) is 8.37. The van der Waals surface area contributed by atoms with Crippen LogP contribution in [0.2, 0.25) is 0 Å². The molecule has 2 aliphatic rings. The summed E-state index contributed by atoms with van der Waals surface area (Å²) in [7, 11) is 5.28. The Bertz CT molecular complexity index is 584. The largest absolute Gasteiger partial charge is 0.481 e. The fourth-order valence-electron chi connectivity index (χ4n) is 3.26. The number of ether oxygens (including phenoxy) is 5. The maximum Gasteiger partial charge on any atom is 0.307 e. The zero-order chi connectivity index (χ0) is 22.7. The van der Waals surface area contributed by atoms with E-state index in [-0.39, 0.29) is 36.6 Å².